The number of ether oxygens (including phenoxy) is 1. The first-order valence-corrected chi connectivity index (χ1v) is 8.92. The van der Waals surface area contributed by atoms with Crippen molar-refractivity contribution in [3.05, 3.63) is 33.8 Å². The van der Waals surface area contributed by atoms with Crippen molar-refractivity contribution >= 4 is 29.1 Å². The molecule has 2 aliphatic rings. The first kappa shape index (κ1) is 17.0. The van der Waals surface area contributed by atoms with Crippen LogP contribution < -0.4 is 0 Å². The zero-order valence-electron chi connectivity index (χ0n) is 13.1. The predicted molar refractivity (Wildman–Crippen MR) is 91.9 cm³/mol. The molecular formula is C17H22Cl2N2O2. The van der Waals surface area contributed by atoms with Crippen LogP contribution >= 0.6 is 23.2 Å². The van der Waals surface area contributed by atoms with Crippen LogP contribution in [0.15, 0.2) is 18.2 Å². The summed E-state index contributed by atoms with van der Waals surface area (Å²) in [6.45, 7) is 5.18. The number of carbonyl (C=O) groups is 1. The Hall–Kier alpha value is -0.810. The summed E-state index contributed by atoms with van der Waals surface area (Å²) >= 11 is 12.5. The largest absolute Gasteiger partial charge is 0.378 e. The molecule has 0 bridgehead atoms. The van der Waals surface area contributed by atoms with Crippen LogP contribution in [0.2, 0.25) is 10.0 Å². The van der Waals surface area contributed by atoms with Crippen molar-refractivity contribution in [2.24, 2.45) is 5.92 Å². The van der Waals surface area contributed by atoms with E-state index in [9.17, 15) is 4.79 Å². The first-order chi connectivity index (χ1) is 11.1. The summed E-state index contributed by atoms with van der Waals surface area (Å²) in [6, 6.07) is 5.58. The number of hydrogen-bond acceptors (Lipinski definition) is 3. The van der Waals surface area contributed by atoms with Gasteiger partial charge in [0.05, 0.1) is 19.1 Å². The molecule has 0 aliphatic carbocycles. The highest BCUT2D eigenvalue weighted by molar-refractivity contribution is 6.35. The van der Waals surface area contributed by atoms with E-state index in [0.717, 1.165) is 31.5 Å². The molecule has 0 aromatic heterocycles. The second-order valence-corrected chi connectivity index (χ2v) is 7.03. The van der Waals surface area contributed by atoms with E-state index in [2.05, 4.69) is 4.90 Å². The number of piperidine rings is 1. The average molecular weight is 357 g/mol. The number of morpholine rings is 1. The minimum atomic E-state index is 0.0723. The average Bonchev–Trinajstić information content (AvgIpc) is 2.59. The number of nitrogens with zero attached hydrogens (tertiary/aromatic N) is 2. The van der Waals surface area contributed by atoms with Gasteiger partial charge in [-0.15, -0.1) is 0 Å². The van der Waals surface area contributed by atoms with Gasteiger partial charge in [-0.1, -0.05) is 29.3 Å². The van der Waals surface area contributed by atoms with Gasteiger partial charge < -0.3 is 9.64 Å². The monoisotopic (exact) mass is 356 g/mol. The molecule has 1 aromatic carbocycles. The molecule has 6 heteroatoms. The fraction of sp³-hybridized carbons (Fsp3) is 0.588. The van der Waals surface area contributed by atoms with Gasteiger partial charge in [-0.2, -0.15) is 0 Å². The van der Waals surface area contributed by atoms with Gasteiger partial charge in [0.2, 0.25) is 5.91 Å². The first-order valence-electron chi connectivity index (χ1n) is 8.17. The Morgan fingerprint density at radius 1 is 1.17 bits per heavy atom. The lowest BCUT2D eigenvalue weighted by atomic mass is 9.96. The van der Waals surface area contributed by atoms with Crippen LogP contribution in [0.1, 0.15) is 18.4 Å². The third-order valence-electron chi connectivity index (χ3n) is 4.62. The lowest BCUT2D eigenvalue weighted by Crippen LogP contribution is -2.48. The highest BCUT2D eigenvalue weighted by atomic mass is 35.5. The van der Waals surface area contributed by atoms with Crippen LogP contribution in [0.25, 0.3) is 0 Å². The van der Waals surface area contributed by atoms with E-state index in [1.54, 1.807) is 0 Å². The summed E-state index contributed by atoms with van der Waals surface area (Å²) < 4.78 is 5.33. The molecule has 4 nitrogen and oxygen atoms in total. The number of hydrogen-bond donors (Lipinski definition) is 0. The standard InChI is InChI=1S/C17H22Cl2N2O2/c18-15-4-1-5-16(19)14(15)12-20-6-2-3-13(11-20)17(22)21-7-9-23-10-8-21/h1,4-5,13H,2-3,6-12H2/t13-/m0/s1. The highest BCUT2D eigenvalue weighted by Gasteiger charge is 2.30. The van der Waals surface area contributed by atoms with E-state index >= 15 is 0 Å². The molecule has 0 unspecified atom stereocenters. The fourth-order valence-electron chi connectivity index (χ4n) is 3.35. The molecular weight excluding hydrogens is 335 g/mol. The Balaban J connectivity index is 1.63. The summed E-state index contributed by atoms with van der Waals surface area (Å²) in [4.78, 5) is 16.9. The van der Waals surface area contributed by atoms with E-state index in [0.29, 0.717) is 42.9 Å². The minimum absolute atomic E-state index is 0.0723. The smallest absolute Gasteiger partial charge is 0.227 e. The maximum Gasteiger partial charge on any atom is 0.227 e. The van der Waals surface area contributed by atoms with Crippen LogP contribution in [-0.4, -0.2) is 55.1 Å². The quantitative estimate of drug-likeness (QED) is 0.834. The maximum atomic E-state index is 12.7. The number of likely N-dealkylation sites (tertiary alicyclic amines) is 1. The van der Waals surface area contributed by atoms with Crippen molar-refractivity contribution in [2.75, 3.05) is 39.4 Å². The summed E-state index contributed by atoms with van der Waals surface area (Å²) in [5.74, 6) is 0.339. The van der Waals surface area contributed by atoms with Crippen LogP contribution in [-0.2, 0) is 16.1 Å². The van der Waals surface area contributed by atoms with Gasteiger partial charge in [-0.25, -0.2) is 0 Å². The Labute approximate surface area is 147 Å². The van der Waals surface area contributed by atoms with Crippen molar-refractivity contribution in [3.8, 4) is 0 Å². The SMILES string of the molecule is O=C([C@H]1CCCN(Cc2c(Cl)cccc2Cl)C1)N1CCOCC1. The van der Waals surface area contributed by atoms with Crippen molar-refractivity contribution in [2.45, 2.75) is 19.4 Å². The third kappa shape index (κ3) is 4.18. The number of amides is 1. The third-order valence-corrected chi connectivity index (χ3v) is 5.33. The Morgan fingerprint density at radius 3 is 2.57 bits per heavy atom. The van der Waals surface area contributed by atoms with Gasteiger partial charge in [0.25, 0.3) is 0 Å². The fourth-order valence-corrected chi connectivity index (χ4v) is 3.87. The summed E-state index contributed by atoms with van der Waals surface area (Å²) in [6.07, 6.45) is 1.99. The molecule has 0 radical (unpaired) electrons. The molecule has 2 saturated heterocycles. The van der Waals surface area contributed by atoms with Gasteiger partial charge in [0, 0.05) is 41.8 Å². The molecule has 0 N–H and O–H groups in total. The molecule has 1 amide bonds. The van der Waals surface area contributed by atoms with Crippen molar-refractivity contribution < 1.29 is 9.53 Å². The minimum Gasteiger partial charge on any atom is -0.378 e. The van der Waals surface area contributed by atoms with Crippen molar-refractivity contribution in [1.82, 2.24) is 9.80 Å². The number of rotatable bonds is 3. The van der Waals surface area contributed by atoms with Crippen LogP contribution in [0.5, 0.6) is 0 Å². The predicted octanol–water partition coefficient (Wildman–Crippen LogP) is 3.06. The van der Waals surface area contributed by atoms with Gasteiger partial charge in [-0.3, -0.25) is 9.69 Å². The highest BCUT2D eigenvalue weighted by Crippen LogP contribution is 2.28. The van der Waals surface area contributed by atoms with Gasteiger partial charge in [-0.05, 0) is 31.5 Å². The molecule has 0 spiro atoms. The van der Waals surface area contributed by atoms with Gasteiger partial charge >= 0.3 is 0 Å². The normalized spacial score (nSPS) is 23.0. The van der Waals surface area contributed by atoms with E-state index in [4.69, 9.17) is 27.9 Å². The van der Waals surface area contributed by atoms with E-state index in [-0.39, 0.29) is 11.8 Å². The number of carbonyl (C=O) groups excluding carboxylic acids is 1. The van der Waals surface area contributed by atoms with Crippen LogP contribution in [0, 0.1) is 5.92 Å². The molecule has 126 valence electrons. The topological polar surface area (TPSA) is 32.8 Å². The maximum absolute atomic E-state index is 12.7. The molecule has 0 saturated carbocycles. The zero-order chi connectivity index (χ0) is 16.2. The number of halogens is 2. The van der Waals surface area contributed by atoms with Crippen LogP contribution in [0.4, 0.5) is 0 Å². The van der Waals surface area contributed by atoms with Gasteiger partial charge in [0.15, 0.2) is 0 Å². The molecule has 3 rings (SSSR count). The Bertz CT molecular complexity index is 541. The molecule has 2 heterocycles. The Morgan fingerprint density at radius 2 is 1.87 bits per heavy atom. The second kappa shape index (κ2) is 7.84. The molecule has 1 atom stereocenters. The van der Waals surface area contributed by atoms with E-state index in [1.807, 2.05) is 23.1 Å². The second-order valence-electron chi connectivity index (χ2n) is 6.21. The summed E-state index contributed by atoms with van der Waals surface area (Å²) in [5, 5.41) is 1.39. The van der Waals surface area contributed by atoms with E-state index in [1.165, 1.54) is 0 Å². The van der Waals surface area contributed by atoms with Crippen molar-refractivity contribution in [3.63, 3.8) is 0 Å². The zero-order valence-corrected chi connectivity index (χ0v) is 14.7. The number of benzene rings is 1. The summed E-state index contributed by atoms with van der Waals surface area (Å²) in [7, 11) is 0. The lowest BCUT2D eigenvalue weighted by Gasteiger charge is -2.36. The van der Waals surface area contributed by atoms with Gasteiger partial charge in [0.1, 0.15) is 0 Å². The molecule has 2 fully saturated rings. The molecule has 23 heavy (non-hydrogen) atoms. The molecule has 1 aromatic rings. The molecule has 2 aliphatic heterocycles. The van der Waals surface area contributed by atoms with E-state index < -0.39 is 0 Å². The Kier molecular flexibility index (Phi) is 5.81. The van der Waals surface area contributed by atoms with Crippen LogP contribution in [0.3, 0.4) is 0 Å². The summed E-state index contributed by atoms with van der Waals surface area (Å²) in [5.41, 5.74) is 0.954. The van der Waals surface area contributed by atoms with Crippen molar-refractivity contribution in [1.29, 1.82) is 0 Å². The lowest BCUT2D eigenvalue weighted by molar-refractivity contribution is -0.141.